The number of anilines is 1. The molecule has 2 rings (SSSR count). The molecule has 0 heterocycles. The molecule has 20 heavy (non-hydrogen) atoms. The van der Waals surface area contributed by atoms with E-state index in [0.717, 1.165) is 18.5 Å². The minimum absolute atomic E-state index is 0. The van der Waals surface area contributed by atoms with Crippen molar-refractivity contribution in [3.8, 4) is 0 Å². The smallest absolute Gasteiger partial charge is 0.870 e. The zero-order valence-corrected chi connectivity index (χ0v) is 13.7. The van der Waals surface area contributed by atoms with Crippen LogP contribution in [0.1, 0.15) is 32.1 Å². The van der Waals surface area contributed by atoms with E-state index in [1.54, 1.807) is 0 Å². The molecular weight excluding hydrogens is 319 g/mol. The Morgan fingerprint density at radius 1 is 1.05 bits per heavy atom. The van der Waals surface area contributed by atoms with Crippen molar-refractivity contribution < 1.29 is 21.2 Å². The van der Waals surface area contributed by atoms with Crippen LogP contribution in [0.2, 0.25) is 0 Å². The number of carbonyl (C=O) groups is 1. The molecule has 1 aromatic carbocycles. The zero-order chi connectivity index (χ0) is 12.3. The summed E-state index contributed by atoms with van der Waals surface area (Å²) < 4.78 is 1.23. The molecular formula is C14H21GeNO4. The molecule has 110 valence electrons. The van der Waals surface area contributed by atoms with Crippen molar-refractivity contribution in [2.45, 2.75) is 32.1 Å². The Hall–Kier alpha value is -0.887. The molecule has 1 aliphatic rings. The van der Waals surface area contributed by atoms with Crippen molar-refractivity contribution >= 4 is 32.5 Å². The molecule has 3 N–H and O–H groups in total. The van der Waals surface area contributed by atoms with Crippen LogP contribution in [-0.4, -0.2) is 45.9 Å². The third-order valence-electron chi connectivity index (χ3n) is 3.54. The number of amides is 1. The van der Waals surface area contributed by atoms with Gasteiger partial charge in [0.25, 0.3) is 0 Å². The van der Waals surface area contributed by atoms with Gasteiger partial charge < -0.3 is 16.4 Å². The summed E-state index contributed by atoms with van der Waals surface area (Å²) in [6.07, 6.45) is 5.83. The third-order valence-corrected chi connectivity index (χ3v) is 4.24. The normalized spacial score (nSPS) is 14.3. The molecule has 1 saturated carbocycles. The predicted octanol–water partition coefficient (Wildman–Crippen LogP) is 1.49. The van der Waals surface area contributed by atoms with Crippen LogP contribution >= 0.6 is 0 Å². The molecule has 0 radical (unpaired) electrons. The molecule has 0 saturated heterocycles. The first-order valence-corrected chi connectivity index (χ1v) is 7.32. The van der Waals surface area contributed by atoms with Crippen molar-refractivity contribution in [3.05, 3.63) is 24.3 Å². The van der Waals surface area contributed by atoms with Crippen LogP contribution in [0.25, 0.3) is 0 Å². The van der Waals surface area contributed by atoms with Gasteiger partial charge in [-0.3, -0.25) is 0 Å². The Morgan fingerprint density at radius 2 is 1.55 bits per heavy atom. The number of hydrogen-bond acceptors (Lipinski definition) is 4. The van der Waals surface area contributed by atoms with Crippen molar-refractivity contribution in [1.82, 2.24) is 0 Å². The van der Waals surface area contributed by atoms with Crippen LogP contribution in [0, 0.1) is 5.92 Å². The Bertz CT molecular complexity index is 391. The number of nitrogens with zero attached hydrogens (tertiary/aromatic N) is 1. The first kappa shape index (κ1) is 21.4. The molecule has 0 atom stereocenters. The molecule has 1 fully saturated rings. The SMILES string of the molecule is CN(C(=O)C1CCCCC1)c1cc[c]([Ge+3])cc1.[OH-].[OH-].[OH-]. The van der Waals surface area contributed by atoms with Crippen molar-refractivity contribution in [2.24, 2.45) is 5.92 Å². The van der Waals surface area contributed by atoms with Gasteiger partial charge >= 0.3 is 112 Å². The molecule has 1 aromatic rings. The predicted molar refractivity (Wildman–Crippen MR) is 77.6 cm³/mol. The minimum atomic E-state index is 0. The second kappa shape index (κ2) is 9.93. The molecule has 0 aromatic heterocycles. The van der Waals surface area contributed by atoms with E-state index in [2.05, 4.69) is 28.6 Å². The van der Waals surface area contributed by atoms with Gasteiger partial charge in [-0.05, 0) is 0 Å². The van der Waals surface area contributed by atoms with E-state index in [-0.39, 0.29) is 28.3 Å². The van der Waals surface area contributed by atoms with Crippen molar-refractivity contribution in [2.75, 3.05) is 11.9 Å². The van der Waals surface area contributed by atoms with E-state index in [1.807, 2.05) is 24.1 Å². The quantitative estimate of drug-likeness (QED) is 0.760. The molecule has 0 spiro atoms. The van der Waals surface area contributed by atoms with E-state index in [9.17, 15) is 4.79 Å². The van der Waals surface area contributed by atoms with Crippen LogP contribution in [0.3, 0.4) is 0 Å². The summed E-state index contributed by atoms with van der Waals surface area (Å²) in [7, 11) is 1.89. The first-order valence-electron chi connectivity index (χ1n) is 6.28. The van der Waals surface area contributed by atoms with Crippen molar-refractivity contribution in [3.63, 3.8) is 0 Å². The Kier molecular flexibility index (Phi) is 10.6. The van der Waals surface area contributed by atoms with Gasteiger partial charge in [0.1, 0.15) is 0 Å². The largest absolute Gasteiger partial charge is 0.870 e. The maximum Gasteiger partial charge on any atom is -0.870 e. The van der Waals surface area contributed by atoms with Crippen LogP contribution in [-0.2, 0) is 4.79 Å². The molecule has 1 amide bonds. The Balaban J connectivity index is 0. The maximum atomic E-state index is 12.3. The standard InChI is InChI=1S/C14H18GeNO.3H2O/c1-16(13-9-7-12(15)8-10-13)14(17)11-5-3-2-4-6-11;;;/h7-11H,2-6H2,1H3;3*1H2/q+3;;;/p-3. The fraction of sp³-hybridized carbons (Fsp3) is 0.500. The summed E-state index contributed by atoms with van der Waals surface area (Å²) in [4.78, 5) is 14.1. The fourth-order valence-corrected chi connectivity index (χ4v) is 2.79. The van der Waals surface area contributed by atoms with Gasteiger partial charge in [-0.1, -0.05) is 0 Å². The summed E-state index contributed by atoms with van der Waals surface area (Å²) in [5.74, 6) is 0.531. The first-order chi connectivity index (χ1) is 8.18. The molecule has 0 bridgehead atoms. The number of carbonyl (C=O) groups excluding carboxylic acids is 1. The number of benzene rings is 1. The van der Waals surface area contributed by atoms with Gasteiger partial charge in [0.2, 0.25) is 0 Å². The summed E-state index contributed by atoms with van der Waals surface area (Å²) in [6, 6.07) is 8.16. The second-order valence-corrected chi connectivity index (χ2v) is 5.99. The van der Waals surface area contributed by atoms with Crippen LogP contribution in [0.4, 0.5) is 5.69 Å². The Labute approximate surface area is 128 Å². The van der Waals surface area contributed by atoms with E-state index in [1.165, 1.54) is 23.7 Å². The van der Waals surface area contributed by atoms with Crippen LogP contribution in [0.5, 0.6) is 0 Å². The van der Waals surface area contributed by atoms with Gasteiger partial charge in [0, 0.05) is 0 Å². The van der Waals surface area contributed by atoms with Crippen molar-refractivity contribution in [1.29, 1.82) is 0 Å². The minimum Gasteiger partial charge on any atom is -0.870 e. The molecule has 0 aliphatic heterocycles. The molecule has 5 nitrogen and oxygen atoms in total. The monoisotopic (exact) mass is 341 g/mol. The van der Waals surface area contributed by atoms with Gasteiger partial charge in [-0.25, -0.2) is 0 Å². The molecule has 0 unspecified atom stereocenters. The van der Waals surface area contributed by atoms with E-state index in [4.69, 9.17) is 0 Å². The van der Waals surface area contributed by atoms with Crippen LogP contribution < -0.4 is 9.30 Å². The number of rotatable bonds is 2. The van der Waals surface area contributed by atoms with Gasteiger partial charge in [-0.15, -0.1) is 0 Å². The number of hydrogen-bond donors (Lipinski definition) is 0. The van der Waals surface area contributed by atoms with Gasteiger partial charge in [0.15, 0.2) is 0 Å². The topological polar surface area (TPSA) is 110 Å². The van der Waals surface area contributed by atoms with Gasteiger partial charge in [-0.2, -0.15) is 0 Å². The van der Waals surface area contributed by atoms with E-state index in [0.29, 0.717) is 0 Å². The third kappa shape index (κ3) is 5.24. The Morgan fingerprint density at radius 3 is 2.05 bits per heavy atom. The van der Waals surface area contributed by atoms with Gasteiger partial charge in [0.05, 0.1) is 0 Å². The summed E-state index contributed by atoms with van der Waals surface area (Å²) in [6.45, 7) is 0. The summed E-state index contributed by atoms with van der Waals surface area (Å²) in [5, 5.41) is 0. The second-order valence-electron chi connectivity index (χ2n) is 4.78. The molecule has 6 heteroatoms. The summed E-state index contributed by atoms with van der Waals surface area (Å²) in [5.41, 5.74) is 1.01. The average Bonchev–Trinajstić information content (AvgIpc) is 2.39. The average molecular weight is 340 g/mol. The van der Waals surface area contributed by atoms with Crippen LogP contribution in [0.15, 0.2) is 24.3 Å². The fourth-order valence-electron chi connectivity index (χ4n) is 2.44. The van der Waals surface area contributed by atoms with E-state index < -0.39 is 0 Å². The summed E-state index contributed by atoms with van der Waals surface area (Å²) >= 11 is 2.06. The zero-order valence-electron chi connectivity index (χ0n) is 11.6. The van der Waals surface area contributed by atoms with E-state index >= 15 is 0 Å². The maximum absolute atomic E-state index is 12.3. The molecule has 1 aliphatic carbocycles.